The number of nitrogens with zero attached hydrogens (tertiary/aromatic N) is 5. The van der Waals surface area contributed by atoms with Crippen molar-refractivity contribution < 1.29 is 4.74 Å². The van der Waals surface area contributed by atoms with Gasteiger partial charge < -0.3 is 19.9 Å². The van der Waals surface area contributed by atoms with Gasteiger partial charge in [0.05, 0.1) is 13.2 Å². The predicted octanol–water partition coefficient (Wildman–Crippen LogP) is 1.83. The second kappa shape index (κ2) is 9.10. The molecule has 7 heteroatoms. The normalized spacial score (nSPS) is 19.2. The minimum Gasteiger partial charge on any atom is -0.378 e. The average Bonchev–Trinajstić information content (AvgIpc) is 2.75. The monoisotopic (exact) mass is 368 g/mol. The van der Waals surface area contributed by atoms with Crippen molar-refractivity contribution in [3.05, 3.63) is 42.4 Å². The van der Waals surface area contributed by atoms with Crippen LogP contribution in [0.1, 0.15) is 18.5 Å². The molecule has 0 atom stereocenters. The van der Waals surface area contributed by atoms with Gasteiger partial charge in [-0.05, 0) is 31.0 Å². The lowest BCUT2D eigenvalue weighted by molar-refractivity contribution is 0.122. The molecule has 2 fully saturated rings. The third-order valence-electron chi connectivity index (χ3n) is 5.29. The Hall–Kier alpha value is -2.25. The summed E-state index contributed by atoms with van der Waals surface area (Å²) in [6.45, 7) is 6.53. The predicted molar refractivity (Wildman–Crippen MR) is 106 cm³/mol. The van der Waals surface area contributed by atoms with Crippen LogP contribution in [0.5, 0.6) is 0 Å². The van der Waals surface area contributed by atoms with Crippen molar-refractivity contribution in [1.82, 2.24) is 19.9 Å². The van der Waals surface area contributed by atoms with Crippen molar-refractivity contribution in [2.45, 2.75) is 25.3 Å². The van der Waals surface area contributed by atoms with E-state index in [1.54, 1.807) is 0 Å². The Balaban J connectivity index is 1.24. The van der Waals surface area contributed by atoms with E-state index in [1.807, 2.05) is 24.5 Å². The van der Waals surface area contributed by atoms with Crippen molar-refractivity contribution in [1.29, 1.82) is 0 Å². The summed E-state index contributed by atoms with van der Waals surface area (Å²) in [6.07, 6.45) is 7.02. The summed E-state index contributed by atoms with van der Waals surface area (Å²) < 4.78 is 5.41. The number of nitrogens with one attached hydrogen (secondary N) is 1. The van der Waals surface area contributed by atoms with Crippen LogP contribution < -0.4 is 10.2 Å². The largest absolute Gasteiger partial charge is 0.378 e. The first kappa shape index (κ1) is 18.1. The fraction of sp³-hybridized carbons (Fsp3) is 0.550. The van der Waals surface area contributed by atoms with Gasteiger partial charge in [-0.2, -0.15) is 4.98 Å². The number of ether oxygens (including phenoxy) is 1. The highest BCUT2D eigenvalue weighted by molar-refractivity contribution is 5.42. The Kier molecular flexibility index (Phi) is 6.11. The van der Waals surface area contributed by atoms with Crippen molar-refractivity contribution in [3.8, 4) is 0 Å². The summed E-state index contributed by atoms with van der Waals surface area (Å²) in [6, 6.07) is 8.58. The lowest BCUT2D eigenvalue weighted by atomic mass is 10.0. The van der Waals surface area contributed by atoms with E-state index in [1.165, 1.54) is 5.69 Å². The van der Waals surface area contributed by atoms with Gasteiger partial charge in [-0.3, -0.25) is 4.98 Å². The fourth-order valence-electron chi connectivity index (χ4n) is 3.67. The number of likely N-dealkylation sites (tertiary alicyclic amines) is 1. The SMILES string of the molecule is c1ccc(CCN2CCC(Nc3ccnc(N4CCOCC4)n3)CC2)nc1. The van der Waals surface area contributed by atoms with Gasteiger partial charge in [0.15, 0.2) is 0 Å². The quantitative estimate of drug-likeness (QED) is 0.834. The second-order valence-electron chi connectivity index (χ2n) is 7.17. The summed E-state index contributed by atoms with van der Waals surface area (Å²) >= 11 is 0. The van der Waals surface area contributed by atoms with E-state index in [2.05, 4.69) is 37.2 Å². The number of aromatic nitrogens is 3. The third-order valence-corrected chi connectivity index (χ3v) is 5.29. The summed E-state index contributed by atoms with van der Waals surface area (Å²) in [4.78, 5) is 18.3. The van der Waals surface area contributed by atoms with Gasteiger partial charge in [0.25, 0.3) is 0 Å². The number of rotatable bonds is 6. The van der Waals surface area contributed by atoms with Gasteiger partial charge in [-0.25, -0.2) is 4.98 Å². The molecule has 0 amide bonds. The van der Waals surface area contributed by atoms with E-state index in [0.717, 1.165) is 77.0 Å². The van der Waals surface area contributed by atoms with Gasteiger partial charge in [0.2, 0.25) is 5.95 Å². The van der Waals surface area contributed by atoms with Crippen LogP contribution in [-0.4, -0.2) is 71.8 Å². The minimum absolute atomic E-state index is 0.475. The van der Waals surface area contributed by atoms with Crippen molar-refractivity contribution >= 4 is 11.8 Å². The molecule has 2 aromatic rings. The van der Waals surface area contributed by atoms with Crippen LogP contribution in [0.2, 0.25) is 0 Å². The van der Waals surface area contributed by atoms with Gasteiger partial charge in [0, 0.05) is 63.3 Å². The van der Waals surface area contributed by atoms with E-state index < -0.39 is 0 Å². The molecule has 2 saturated heterocycles. The maximum absolute atomic E-state index is 5.41. The van der Waals surface area contributed by atoms with E-state index >= 15 is 0 Å². The van der Waals surface area contributed by atoms with Crippen LogP contribution in [0.3, 0.4) is 0 Å². The summed E-state index contributed by atoms with van der Waals surface area (Å²) in [5.74, 6) is 1.73. The molecule has 4 rings (SSSR count). The van der Waals surface area contributed by atoms with Crippen LogP contribution in [0, 0.1) is 0 Å². The van der Waals surface area contributed by atoms with Crippen molar-refractivity contribution in [2.24, 2.45) is 0 Å². The minimum atomic E-state index is 0.475. The van der Waals surface area contributed by atoms with E-state index in [9.17, 15) is 0 Å². The van der Waals surface area contributed by atoms with Crippen molar-refractivity contribution in [3.63, 3.8) is 0 Å². The van der Waals surface area contributed by atoms with Gasteiger partial charge >= 0.3 is 0 Å². The zero-order chi connectivity index (χ0) is 18.3. The van der Waals surface area contributed by atoms with Crippen LogP contribution in [0.15, 0.2) is 36.7 Å². The molecular formula is C20H28N6O. The number of piperidine rings is 1. The molecule has 2 aliphatic heterocycles. The number of pyridine rings is 1. The number of hydrogen-bond donors (Lipinski definition) is 1. The zero-order valence-electron chi connectivity index (χ0n) is 15.8. The molecule has 0 aliphatic carbocycles. The molecule has 144 valence electrons. The second-order valence-corrected chi connectivity index (χ2v) is 7.17. The van der Waals surface area contributed by atoms with E-state index in [4.69, 9.17) is 9.72 Å². The molecular weight excluding hydrogens is 340 g/mol. The Morgan fingerprint density at radius 2 is 1.85 bits per heavy atom. The molecule has 0 bridgehead atoms. The molecule has 0 saturated carbocycles. The Labute approximate surface area is 160 Å². The Bertz CT molecular complexity index is 699. The zero-order valence-corrected chi connectivity index (χ0v) is 15.8. The van der Waals surface area contributed by atoms with Gasteiger partial charge in [0.1, 0.15) is 5.82 Å². The summed E-state index contributed by atoms with van der Waals surface area (Å²) in [5, 5.41) is 3.61. The summed E-state index contributed by atoms with van der Waals surface area (Å²) in [5.41, 5.74) is 1.18. The molecule has 0 unspecified atom stereocenters. The van der Waals surface area contributed by atoms with Crippen LogP contribution >= 0.6 is 0 Å². The molecule has 4 heterocycles. The molecule has 1 N–H and O–H groups in total. The van der Waals surface area contributed by atoms with E-state index in [-0.39, 0.29) is 0 Å². The standard InChI is InChI=1S/C20H28N6O/c1-2-8-21-17(3-1)5-10-25-11-6-18(7-12-25)23-19-4-9-22-20(24-19)26-13-15-27-16-14-26/h1-4,8-9,18H,5-7,10-16H2,(H,22,23,24). The lowest BCUT2D eigenvalue weighted by Gasteiger charge is -2.32. The van der Waals surface area contributed by atoms with Crippen molar-refractivity contribution in [2.75, 3.05) is 56.2 Å². The molecule has 2 aliphatic rings. The first-order valence-electron chi connectivity index (χ1n) is 9.91. The maximum atomic E-state index is 5.41. The van der Waals surface area contributed by atoms with Gasteiger partial charge in [-0.1, -0.05) is 6.07 Å². The first-order valence-corrected chi connectivity index (χ1v) is 9.91. The molecule has 7 nitrogen and oxygen atoms in total. The number of hydrogen-bond acceptors (Lipinski definition) is 7. The highest BCUT2D eigenvalue weighted by Crippen LogP contribution is 2.18. The summed E-state index contributed by atoms with van der Waals surface area (Å²) in [7, 11) is 0. The smallest absolute Gasteiger partial charge is 0.227 e. The average molecular weight is 368 g/mol. The molecule has 2 aromatic heterocycles. The first-order chi connectivity index (χ1) is 13.4. The number of morpholine rings is 1. The highest BCUT2D eigenvalue weighted by Gasteiger charge is 2.20. The molecule has 27 heavy (non-hydrogen) atoms. The Morgan fingerprint density at radius 3 is 2.63 bits per heavy atom. The Morgan fingerprint density at radius 1 is 1.00 bits per heavy atom. The van der Waals surface area contributed by atoms with Gasteiger partial charge in [-0.15, -0.1) is 0 Å². The lowest BCUT2D eigenvalue weighted by Crippen LogP contribution is -2.40. The maximum Gasteiger partial charge on any atom is 0.227 e. The van der Waals surface area contributed by atoms with Crippen LogP contribution in [0.4, 0.5) is 11.8 Å². The molecule has 0 spiro atoms. The number of anilines is 2. The topological polar surface area (TPSA) is 66.4 Å². The van der Waals surface area contributed by atoms with Crippen LogP contribution in [-0.2, 0) is 11.2 Å². The molecule has 0 radical (unpaired) electrons. The fourth-order valence-corrected chi connectivity index (χ4v) is 3.67. The third kappa shape index (κ3) is 5.14. The van der Waals surface area contributed by atoms with Crippen LogP contribution in [0.25, 0.3) is 0 Å². The molecule has 0 aromatic carbocycles. The highest BCUT2D eigenvalue weighted by atomic mass is 16.5. The van der Waals surface area contributed by atoms with E-state index in [0.29, 0.717) is 6.04 Å².